The summed E-state index contributed by atoms with van der Waals surface area (Å²) in [5, 5.41) is 9.92. The summed E-state index contributed by atoms with van der Waals surface area (Å²) in [6.45, 7) is 7.86. The summed E-state index contributed by atoms with van der Waals surface area (Å²) in [7, 11) is 0. The Hall–Kier alpha value is -3.59. The van der Waals surface area contributed by atoms with Crippen LogP contribution in [0.4, 0.5) is 11.6 Å². The van der Waals surface area contributed by atoms with E-state index in [-0.39, 0.29) is 5.92 Å². The van der Waals surface area contributed by atoms with E-state index in [0.29, 0.717) is 5.56 Å². The lowest BCUT2D eigenvalue weighted by molar-refractivity contribution is 0.639. The van der Waals surface area contributed by atoms with Crippen LogP contribution in [0.3, 0.4) is 0 Å². The van der Waals surface area contributed by atoms with Gasteiger partial charge in [0.05, 0.1) is 16.6 Å². The molecule has 1 aromatic carbocycles. The number of anilines is 2. The fraction of sp³-hybridized carbons (Fsp3) is 0.292. The first-order valence-electron chi connectivity index (χ1n) is 10.4. The summed E-state index contributed by atoms with van der Waals surface area (Å²) in [5.41, 5.74) is 4.45. The highest BCUT2D eigenvalue weighted by Gasteiger charge is 2.24. The average Bonchev–Trinajstić information content (AvgIpc) is 3.18. The molecule has 0 bridgehead atoms. The molecule has 3 aromatic heterocycles. The Labute approximate surface area is 176 Å². The molecule has 1 aliphatic heterocycles. The Bertz CT molecular complexity index is 1240. The third-order valence-electron chi connectivity index (χ3n) is 5.90. The molecule has 0 saturated carbocycles. The summed E-state index contributed by atoms with van der Waals surface area (Å²) < 4.78 is 2.16. The summed E-state index contributed by atoms with van der Waals surface area (Å²) in [5.74, 6) is 2.39. The molecule has 30 heavy (non-hydrogen) atoms. The van der Waals surface area contributed by atoms with E-state index in [0.717, 1.165) is 60.1 Å². The fourth-order valence-corrected chi connectivity index (χ4v) is 4.34. The van der Waals surface area contributed by atoms with Gasteiger partial charge in [-0.05, 0) is 41.8 Å². The van der Waals surface area contributed by atoms with Crippen molar-refractivity contribution in [3.8, 4) is 6.07 Å². The molecule has 6 nitrogen and oxygen atoms in total. The number of hydrogen-bond acceptors (Lipinski definition) is 5. The van der Waals surface area contributed by atoms with Gasteiger partial charge in [0.1, 0.15) is 17.7 Å². The molecule has 1 saturated heterocycles. The average molecular weight is 396 g/mol. The smallest absolute Gasteiger partial charge is 0.157 e. The van der Waals surface area contributed by atoms with E-state index in [1.54, 1.807) is 0 Å². The van der Waals surface area contributed by atoms with E-state index in [4.69, 9.17) is 4.98 Å². The number of nitriles is 1. The van der Waals surface area contributed by atoms with Gasteiger partial charge in [-0.3, -0.25) is 4.40 Å². The highest BCUT2D eigenvalue weighted by atomic mass is 15.3. The van der Waals surface area contributed by atoms with Crippen LogP contribution in [0.5, 0.6) is 0 Å². The molecule has 4 heterocycles. The Kier molecular flexibility index (Phi) is 4.51. The molecule has 6 heteroatoms. The van der Waals surface area contributed by atoms with Crippen molar-refractivity contribution < 1.29 is 0 Å². The maximum atomic E-state index is 9.92. The number of nitrogens with zero attached hydrogens (tertiary/aromatic N) is 6. The fourth-order valence-electron chi connectivity index (χ4n) is 4.34. The number of pyridine rings is 2. The number of hydrogen-bond donors (Lipinski definition) is 0. The number of imidazole rings is 1. The quantitative estimate of drug-likeness (QED) is 0.519. The van der Waals surface area contributed by atoms with E-state index in [2.05, 4.69) is 57.3 Å². The number of piperazine rings is 1. The van der Waals surface area contributed by atoms with E-state index in [1.165, 1.54) is 0 Å². The molecular formula is C24H24N6. The summed E-state index contributed by atoms with van der Waals surface area (Å²) in [6, 6.07) is 18.8. The van der Waals surface area contributed by atoms with Crippen LogP contribution in [0.2, 0.25) is 0 Å². The molecule has 4 aromatic rings. The lowest BCUT2D eigenvalue weighted by atomic mass is 9.98. The molecule has 0 N–H and O–H groups in total. The molecule has 0 spiro atoms. The SMILES string of the molecule is CC(C)c1cc(N2CCN(c3ccccn3)CC2)n2c(nc3ccccc32)c1C#N. The summed E-state index contributed by atoms with van der Waals surface area (Å²) in [4.78, 5) is 14.1. The number of rotatable bonds is 3. The van der Waals surface area contributed by atoms with Crippen molar-refractivity contribution in [2.24, 2.45) is 0 Å². The van der Waals surface area contributed by atoms with Gasteiger partial charge in [0, 0.05) is 32.4 Å². The van der Waals surface area contributed by atoms with Crippen LogP contribution in [0.1, 0.15) is 30.9 Å². The van der Waals surface area contributed by atoms with Gasteiger partial charge < -0.3 is 9.80 Å². The molecule has 0 amide bonds. The van der Waals surface area contributed by atoms with Crippen molar-refractivity contribution in [1.29, 1.82) is 5.26 Å². The predicted octanol–water partition coefficient (Wildman–Crippen LogP) is 4.20. The number of para-hydroxylation sites is 2. The molecule has 5 rings (SSSR count). The normalized spacial score (nSPS) is 14.6. The zero-order valence-corrected chi connectivity index (χ0v) is 17.3. The van der Waals surface area contributed by atoms with Crippen LogP contribution in [-0.4, -0.2) is 40.5 Å². The largest absolute Gasteiger partial charge is 0.354 e. The third-order valence-corrected chi connectivity index (χ3v) is 5.90. The Morgan fingerprint density at radius 3 is 2.40 bits per heavy atom. The Morgan fingerprint density at radius 1 is 0.967 bits per heavy atom. The zero-order chi connectivity index (χ0) is 20.7. The van der Waals surface area contributed by atoms with Crippen molar-refractivity contribution in [1.82, 2.24) is 14.4 Å². The number of aromatic nitrogens is 3. The van der Waals surface area contributed by atoms with Crippen LogP contribution in [0.15, 0.2) is 54.7 Å². The van der Waals surface area contributed by atoms with Gasteiger partial charge in [-0.2, -0.15) is 5.26 Å². The lowest BCUT2D eigenvalue weighted by Crippen LogP contribution is -2.47. The van der Waals surface area contributed by atoms with E-state index in [1.807, 2.05) is 36.5 Å². The Balaban J connectivity index is 1.61. The highest BCUT2D eigenvalue weighted by Crippen LogP contribution is 2.32. The third kappa shape index (κ3) is 2.94. The van der Waals surface area contributed by atoms with Gasteiger partial charge in [-0.15, -0.1) is 0 Å². The van der Waals surface area contributed by atoms with E-state index >= 15 is 0 Å². The Morgan fingerprint density at radius 2 is 1.70 bits per heavy atom. The van der Waals surface area contributed by atoms with Gasteiger partial charge >= 0.3 is 0 Å². The minimum Gasteiger partial charge on any atom is -0.354 e. The maximum absolute atomic E-state index is 9.92. The molecule has 150 valence electrons. The minimum atomic E-state index is 0.248. The van der Waals surface area contributed by atoms with Crippen molar-refractivity contribution in [2.75, 3.05) is 36.0 Å². The van der Waals surface area contributed by atoms with Gasteiger partial charge in [0.2, 0.25) is 0 Å². The van der Waals surface area contributed by atoms with Gasteiger partial charge in [0.25, 0.3) is 0 Å². The first-order chi connectivity index (χ1) is 14.7. The van der Waals surface area contributed by atoms with Crippen molar-refractivity contribution in [3.63, 3.8) is 0 Å². The number of benzene rings is 1. The molecule has 0 aliphatic carbocycles. The second kappa shape index (κ2) is 7.34. The van der Waals surface area contributed by atoms with Crippen LogP contribution < -0.4 is 9.80 Å². The van der Waals surface area contributed by atoms with Crippen LogP contribution >= 0.6 is 0 Å². The monoisotopic (exact) mass is 396 g/mol. The van der Waals surface area contributed by atoms with Crippen molar-refractivity contribution >= 4 is 28.3 Å². The van der Waals surface area contributed by atoms with Crippen molar-refractivity contribution in [2.45, 2.75) is 19.8 Å². The standard InChI is InChI=1S/C24H24N6/c1-17(2)18-15-23(29-13-11-28(12-14-29)22-9-5-6-10-26-22)30-21-8-4-3-7-20(21)27-24(30)19(18)16-25/h3-10,15,17H,11-14H2,1-2H3. The van der Waals surface area contributed by atoms with Gasteiger partial charge in [-0.1, -0.05) is 32.0 Å². The van der Waals surface area contributed by atoms with E-state index in [9.17, 15) is 5.26 Å². The van der Waals surface area contributed by atoms with Gasteiger partial charge in [-0.25, -0.2) is 9.97 Å². The topological polar surface area (TPSA) is 60.5 Å². The molecule has 1 fully saturated rings. The summed E-state index contributed by atoms with van der Waals surface area (Å²) >= 11 is 0. The second-order valence-electron chi connectivity index (χ2n) is 8.02. The first kappa shape index (κ1) is 18.4. The molecular weight excluding hydrogens is 372 g/mol. The van der Waals surface area contributed by atoms with Crippen LogP contribution in [0, 0.1) is 11.3 Å². The first-order valence-corrected chi connectivity index (χ1v) is 10.4. The van der Waals surface area contributed by atoms with Crippen molar-refractivity contribution in [3.05, 3.63) is 65.9 Å². The van der Waals surface area contributed by atoms with Crippen LogP contribution in [-0.2, 0) is 0 Å². The molecule has 0 radical (unpaired) electrons. The number of fused-ring (bicyclic) bond motifs is 3. The van der Waals surface area contributed by atoms with Crippen LogP contribution in [0.25, 0.3) is 16.7 Å². The summed E-state index contributed by atoms with van der Waals surface area (Å²) in [6.07, 6.45) is 1.85. The van der Waals surface area contributed by atoms with E-state index < -0.39 is 0 Å². The molecule has 1 aliphatic rings. The predicted molar refractivity (Wildman–Crippen MR) is 120 cm³/mol. The molecule has 0 unspecified atom stereocenters. The maximum Gasteiger partial charge on any atom is 0.157 e. The molecule has 0 atom stereocenters. The minimum absolute atomic E-state index is 0.248. The second-order valence-corrected chi connectivity index (χ2v) is 8.02. The zero-order valence-electron chi connectivity index (χ0n) is 17.3. The highest BCUT2D eigenvalue weighted by molar-refractivity contribution is 5.85. The van der Waals surface area contributed by atoms with Gasteiger partial charge in [0.15, 0.2) is 5.65 Å². The lowest BCUT2D eigenvalue weighted by Gasteiger charge is -2.37.